The molecule has 50 valence electrons. The Morgan fingerprint density at radius 2 is 1.40 bits per heavy atom. The molecule has 2 heterocycles. The van der Waals surface area contributed by atoms with Gasteiger partial charge in [-0.3, -0.25) is 9.97 Å². The average Bonchev–Trinajstić information content (AvgIpc) is 2.05. The van der Waals surface area contributed by atoms with Crippen LogP contribution in [0, 0.1) is 0 Å². The van der Waals surface area contributed by atoms with Gasteiger partial charge in [0.25, 0.3) is 0 Å². The monoisotopic (exact) mass is 168 g/mol. The molecule has 0 atom stereocenters. The number of fused-ring (bicyclic) bond motifs is 1. The van der Waals surface area contributed by atoms with Gasteiger partial charge in [-0.05, 0) is 0 Å². The lowest BCUT2D eigenvalue weighted by Gasteiger charge is -1.94. The molecule has 4 heteroatoms. The Kier molecular flexibility index (Phi) is 1.65. The van der Waals surface area contributed by atoms with Crippen LogP contribution in [0.15, 0.2) is 12.4 Å². The molecule has 0 unspecified atom stereocenters. The van der Waals surface area contributed by atoms with Crippen molar-refractivity contribution in [1.29, 1.82) is 0 Å². The molecule has 0 N–H and O–H groups in total. The molecule has 1 aromatic rings. The lowest BCUT2D eigenvalue weighted by Crippen LogP contribution is -2.30. The van der Waals surface area contributed by atoms with E-state index in [-0.39, 0.29) is 0 Å². The number of aromatic nitrogens is 2. The summed E-state index contributed by atoms with van der Waals surface area (Å²) in [6, 6.07) is 0. The smallest absolute Gasteiger partial charge is 0.0963 e. The molecule has 0 fully saturated rings. The minimum Gasteiger partial charge on any atom is -0.252 e. The number of nitrogens with zero attached hydrogens (tertiary/aromatic N) is 2. The van der Waals surface area contributed by atoms with Gasteiger partial charge in [-0.25, -0.2) is 0 Å². The summed E-state index contributed by atoms with van der Waals surface area (Å²) in [5.74, 6) is 0. The fraction of sp³-hybridized carbons (Fsp3) is 0. The Morgan fingerprint density at radius 1 is 0.900 bits per heavy atom. The quantitative estimate of drug-likeness (QED) is 0.522. The van der Waals surface area contributed by atoms with Crippen LogP contribution in [0.5, 0.6) is 0 Å². The maximum Gasteiger partial charge on any atom is 0.0963 e. The van der Waals surface area contributed by atoms with E-state index in [2.05, 4.69) is 9.97 Å². The van der Waals surface area contributed by atoms with Gasteiger partial charge in [-0.1, -0.05) is 21.6 Å². The van der Waals surface area contributed by atoms with Crippen molar-refractivity contribution >= 4 is 32.4 Å². The van der Waals surface area contributed by atoms with Gasteiger partial charge < -0.3 is 0 Å². The molecular weight excluding hydrogens is 164 g/mol. The largest absolute Gasteiger partial charge is 0.252 e. The topological polar surface area (TPSA) is 25.8 Å². The van der Waals surface area contributed by atoms with Crippen LogP contribution in [0.4, 0.5) is 0 Å². The lowest BCUT2D eigenvalue weighted by molar-refractivity contribution is 1.10. The van der Waals surface area contributed by atoms with Crippen molar-refractivity contribution in [3.05, 3.63) is 23.1 Å². The highest BCUT2D eigenvalue weighted by atomic mass is 33.1. The number of hydrogen-bond donors (Lipinski definition) is 0. The number of rotatable bonds is 0. The van der Waals surface area contributed by atoms with Crippen LogP contribution in [-0.4, -0.2) is 9.97 Å². The summed E-state index contributed by atoms with van der Waals surface area (Å²) >= 11 is 0. The summed E-state index contributed by atoms with van der Waals surface area (Å²) in [7, 11) is 3.34. The Bertz CT molecular complexity index is 312. The minimum absolute atomic E-state index is 0.978. The van der Waals surface area contributed by atoms with Crippen molar-refractivity contribution in [3.8, 4) is 0 Å². The van der Waals surface area contributed by atoms with E-state index in [1.165, 1.54) is 0 Å². The lowest BCUT2D eigenvalue weighted by atomic mass is 10.6. The van der Waals surface area contributed by atoms with Crippen LogP contribution in [0.3, 0.4) is 0 Å². The van der Waals surface area contributed by atoms with Gasteiger partial charge in [0.1, 0.15) is 0 Å². The summed E-state index contributed by atoms with van der Waals surface area (Å²) in [6.45, 7) is 0. The molecular formula is C6H4N2S2. The van der Waals surface area contributed by atoms with E-state index in [0.29, 0.717) is 0 Å². The normalized spacial score (nSPS) is 14.8. The van der Waals surface area contributed by atoms with Gasteiger partial charge in [0.05, 0.1) is 10.7 Å². The first-order valence-corrected chi connectivity index (χ1v) is 5.04. The molecule has 0 saturated carbocycles. The Morgan fingerprint density at radius 3 is 1.90 bits per heavy atom. The molecule has 0 aliphatic carbocycles. The Balaban J connectivity index is 2.84. The summed E-state index contributed by atoms with van der Waals surface area (Å²) < 4.78 is 0. The van der Waals surface area contributed by atoms with Gasteiger partial charge in [0, 0.05) is 23.2 Å². The van der Waals surface area contributed by atoms with Crippen LogP contribution in [-0.2, 0) is 0 Å². The van der Waals surface area contributed by atoms with E-state index >= 15 is 0 Å². The highest BCUT2D eigenvalue weighted by Crippen LogP contribution is 2.24. The van der Waals surface area contributed by atoms with E-state index in [0.717, 1.165) is 10.7 Å². The Labute approximate surface area is 65.9 Å². The van der Waals surface area contributed by atoms with Crippen molar-refractivity contribution in [2.75, 3.05) is 0 Å². The van der Waals surface area contributed by atoms with Gasteiger partial charge in [0.15, 0.2) is 0 Å². The van der Waals surface area contributed by atoms with Crippen LogP contribution in [0.1, 0.15) is 0 Å². The highest BCUT2D eigenvalue weighted by molar-refractivity contribution is 8.82. The third kappa shape index (κ3) is 1.04. The van der Waals surface area contributed by atoms with Crippen LogP contribution in [0.25, 0.3) is 10.8 Å². The van der Waals surface area contributed by atoms with Crippen LogP contribution < -0.4 is 10.7 Å². The van der Waals surface area contributed by atoms with Crippen molar-refractivity contribution in [2.24, 2.45) is 0 Å². The molecule has 1 aliphatic heterocycles. The van der Waals surface area contributed by atoms with Crippen LogP contribution in [0.2, 0.25) is 0 Å². The average molecular weight is 168 g/mol. The molecule has 1 aliphatic rings. The van der Waals surface area contributed by atoms with Gasteiger partial charge in [-0.15, -0.1) is 0 Å². The molecule has 0 saturated heterocycles. The molecule has 1 aromatic heterocycles. The van der Waals surface area contributed by atoms with Gasteiger partial charge >= 0.3 is 0 Å². The SMILES string of the molecule is C1=c2nccnc2=CSS1. The number of hydrogen-bond acceptors (Lipinski definition) is 4. The van der Waals surface area contributed by atoms with E-state index in [1.807, 2.05) is 10.8 Å². The van der Waals surface area contributed by atoms with Crippen molar-refractivity contribution in [2.45, 2.75) is 0 Å². The third-order valence-corrected chi connectivity index (χ3v) is 2.79. The first kappa shape index (κ1) is 6.24. The summed E-state index contributed by atoms with van der Waals surface area (Å²) in [4.78, 5) is 8.27. The predicted molar refractivity (Wildman–Crippen MR) is 45.4 cm³/mol. The van der Waals surface area contributed by atoms with Crippen molar-refractivity contribution in [1.82, 2.24) is 9.97 Å². The highest BCUT2D eigenvalue weighted by Gasteiger charge is 1.92. The zero-order chi connectivity index (χ0) is 6.81. The fourth-order valence-electron chi connectivity index (χ4n) is 0.688. The second-order valence-corrected chi connectivity index (χ2v) is 3.77. The van der Waals surface area contributed by atoms with E-state index in [9.17, 15) is 0 Å². The fourth-order valence-corrected chi connectivity index (χ4v) is 2.22. The molecule has 2 nitrogen and oxygen atoms in total. The van der Waals surface area contributed by atoms with Crippen molar-refractivity contribution in [3.63, 3.8) is 0 Å². The van der Waals surface area contributed by atoms with Crippen molar-refractivity contribution < 1.29 is 0 Å². The van der Waals surface area contributed by atoms with E-state index in [1.54, 1.807) is 34.0 Å². The van der Waals surface area contributed by atoms with Crippen LogP contribution >= 0.6 is 21.6 Å². The maximum absolute atomic E-state index is 4.14. The van der Waals surface area contributed by atoms with E-state index < -0.39 is 0 Å². The standard InChI is InChI=1S/C6H4N2S2/c1-2-8-6-4-10-9-3-5(6)7-1/h1-4H. The molecule has 0 radical (unpaired) electrons. The Hall–Kier alpha value is -0.480. The summed E-state index contributed by atoms with van der Waals surface area (Å²) in [5, 5.41) is 5.97. The molecule has 0 amide bonds. The van der Waals surface area contributed by atoms with Gasteiger partial charge in [0.2, 0.25) is 0 Å². The first-order chi connectivity index (χ1) is 4.97. The first-order valence-electron chi connectivity index (χ1n) is 2.76. The zero-order valence-electron chi connectivity index (χ0n) is 5.02. The third-order valence-electron chi connectivity index (χ3n) is 1.13. The second-order valence-electron chi connectivity index (χ2n) is 1.75. The molecule has 2 rings (SSSR count). The zero-order valence-corrected chi connectivity index (χ0v) is 6.65. The molecule has 0 bridgehead atoms. The maximum atomic E-state index is 4.14. The summed E-state index contributed by atoms with van der Waals surface area (Å²) in [5.41, 5.74) is 0. The molecule has 10 heavy (non-hydrogen) atoms. The summed E-state index contributed by atoms with van der Waals surface area (Å²) in [6.07, 6.45) is 3.42. The molecule has 0 spiro atoms. The van der Waals surface area contributed by atoms with E-state index in [4.69, 9.17) is 0 Å². The minimum atomic E-state index is 0.978. The molecule has 0 aromatic carbocycles. The van der Waals surface area contributed by atoms with Gasteiger partial charge in [-0.2, -0.15) is 0 Å². The predicted octanol–water partition coefficient (Wildman–Crippen LogP) is 0.348. The second kappa shape index (κ2) is 2.64.